The minimum atomic E-state index is -0.553. The van der Waals surface area contributed by atoms with Gasteiger partial charge < -0.3 is 14.8 Å². The number of nitrogens with one attached hydrogen (secondary N) is 1. The summed E-state index contributed by atoms with van der Waals surface area (Å²) in [7, 11) is 0. The largest absolute Gasteiger partial charge is 0.494 e. The molecule has 1 N–H and O–H groups in total. The molecule has 1 amide bonds. The number of hydrogen-bond acceptors (Lipinski definition) is 4. The zero-order valence-electron chi connectivity index (χ0n) is 14.0. The molecule has 0 aromatic heterocycles. The maximum Gasteiger partial charge on any atom is 0.338 e. The fourth-order valence-electron chi connectivity index (χ4n) is 1.98. The summed E-state index contributed by atoms with van der Waals surface area (Å²) in [6.07, 6.45) is 2.04. The molecule has 0 heterocycles. The van der Waals surface area contributed by atoms with Crippen molar-refractivity contribution in [1.29, 1.82) is 0 Å². The van der Waals surface area contributed by atoms with Gasteiger partial charge in [-0.15, -0.1) is 0 Å². The Bertz CT molecular complexity index is 716. The molecule has 0 radical (unpaired) electrons. The van der Waals surface area contributed by atoms with Gasteiger partial charge >= 0.3 is 5.97 Å². The number of benzene rings is 2. The van der Waals surface area contributed by atoms with Crippen LogP contribution in [0, 0.1) is 0 Å². The quantitative estimate of drug-likeness (QED) is 0.521. The molecular formula is C19H20BrNO4. The van der Waals surface area contributed by atoms with Crippen LogP contribution in [0.3, 0.4) is 0 Å². The van der Waals surface area contributed by atoms with Crippen molar-refractivity contribution >= 4 is 33.5 Å². The molecule has 0 fully saturated rings. The van der Waals surface area contributed by atoms with Crippen molar-refractivity contribution in [3.05, 3.63) is 58.6 Å². The zero-order chi connectivity index (χ0) is 18.1. The van der Waals surface area contributed by atoms with Crippen molar-refractivity contribution in [2.24, 2.45) is 0 Å². The first-order valence-corrected chi connectivity index (χ1v) is 8.84. The lowest BCUT2D eigenvalue weighted by atomic mass is 10.2. The molecule has 0 aliphatic heterocycles. The van der Waals surface area contributed by atoms with Crippen molar-refractivity contribution in [3.63, 3.8) is 0 Å². The van der Waals surface area contributed by atoms with E-state index in [0.29, 0.717) is 23.6 Å². The van der Waals surface area contributed by atoms with Gasteiger partial charge in [0, 0.05) is 4.47 Å². The average molecular weight is 406 g/mol. The number of rotatable bonds is 8. The molecule has 0 atom stereocenters. The van der Waals surface area contributed by atoms with Crippen molar-refractivity contribution in [1.82, 2.24) is 0 Å². The van der Waals surface area contributed by atoms with Crippen LogP contribution in [0.15, 0.2) is 53.0 Å². The molecule has 6 heteroatoms. The van der Waals surface area contributed by atoms with E-state index in [-0.39, 0.29) is 6.61 Å². The molecule has 25 heavy (non-hydrogen) atoms. The van der Waals surface area contributed by atoms with Gasteiger partial charge in [-0.1, -0.05) is 25.5 Å². The highest BCUT2D eigenvalue weighted by Crippen LogP contribution is 2.21. The van der Waals surface area contributed by atoms with Crippen molar-refractivity contribution < 1.29 is 19.1 Å². The SMILES string of the molecule is CCCCOc1ccc(C(=O)OCC(=O)Nc2ccccc2Br)cc1. The summed E-state index contributed by atoms with van der Waals surface area (Å²) in [6, 6.07) is 13.9. The first kappa shape index (κ1) is 19.0. The molecule has 0 saturated carbocycles. The number of para-hydroxylation sites is 1. The molecule has 0 spiro atoms. The molecule has 0 saturated heterocycles. The van der Waals surface area contributed by atoms with E-state index in [9.17, 15) is 9.59 Å². The van der Waals surface area contributed by atoms with Gasteiger partial charge in [0.1, 0.15) is 5.75 Å². The normalized spacial score (nSPS) is 10.2. The maximum atomic E-state index is 12.0. The third-order valence-corrected chi connectivity index (χ3v) is 4.03. The molecule has 0 aliphatic carbocycles. The number of halogens is 1. The molecule has 5 nitrogen and oxygen atoms in total. The monoisotopic (exact) mass is 405 g/mol. The number of carbonyl (C=O) groups is 2. The topological polar surface area (TPSA) is 64.6 Å². The van der Waals surface area contributed by atoms with Gasteiger partial charge in [-0.3, -0.25) is 4.79 Å². The Labute approximate surface area is 155 Å². The van der Waals surface area contributed by atoms with Gasteiger partial charge in [-0.2, -0.15) is 0 Å². The smallest absolute Gasteiger partial charge is 0.338 e. The number of amides is 1. The Kier molecular flexibility index (Phi) is 7.47. The Balaban J connectivity index is 1.81. The average Bonchev–Trinajstić information content (AvgIpc) is 2.62. The fraction of sp³-hybridized carbons (Fsp3) is 0.263. The summed E-state index contributed by atoms with van der Waals surface area (Å²) < 4.78 is 11.3. The van der Waals surface area contributed by atoms with Gasteiger partial charge in [-0.05, 0) is 58.7 Å². The van der Waals surface area contributed by atoms with E-state index in [1.165, 1.54) is 0 Å². The molecule has 132 valence electrons. The number of esters is 1. The second kappa shape index (κ2) is 9.84. The number of anilines is 1. The van der Waals surface area contributed by atoms with E-state index < -0.39 is 11.9 Å². The summed E-state index contributed by atoms with van der Waals surface area (Å²) in [5.41, 5.74) is 0.994. The predicted molar refractivity (Wildman–Crippen MR) is 99.9 cm³/mol. The summed E-state index contributed by atoms with van der Waals surface area (Å²) >= 11 is 3.34. The summed E-state index contributed by atoms with van der Waals surface area (Å²) in [5, 5.41) is 2.67. The molecular weight excluding hydrogens is 386 g/mol. The van der Waals surface area contributed by atoms with E-state index in [2.05, 4.69) is 28.2 Å². The van der Waals surface area contributed by atoms with E-state index in [0.717, 1.165) is 17.3 Å². The minimum absolute atomic E-state index is 0.352. The van der Waals surface area contributed by atoms with Crippen LogP contribution in [0.5, 0.6) is 5.75 Å². The predicted octanol–water partition coefficient (Wildman–Crippen LogP) is 4.42. The molecule has 0 bridgehead atoms. The Morgan fingerprint density at radius 2 is 1.80 bits per heavy atom. The standard InChI is InChI=1S/C19H20BrNO4/c1-2-3-12-24-15-10-8-14(9-11-15)19(23)25-13-18(22)21-17-7-5-4-6-16(17)20/h4-11H,2-3,12-13H2,1H3,(H,21,22). The highest BCUT2D eigenvalue weighted by Gasteiger charge is 2.11. The Morgan fingerprint density at radius 1 is 1.08 bits per heavy atom. The second-order valence-electron chi connectivity index (χ2n) is 5.33. The van der Waals surface area contributed by atoms with E-state index >= 15 is 0 Å². The van der Waals surface area contributed by atoms with Gasteiger partial charge in [-0.25, -0.2) is 4.79 Å². The van der Waals surface area contributed by atoms with Gasteiger partial charge in [0.15, 0.2) is 6.61 Å². The zero-order valence-corrected chi connectivity index (χ0v) is 15.5. The highest BCUT2D eigenvalue weighted by molar-refractivity contribution is 9.10. The van der Waals surface area contributed by atoms with E-state index in [1.807, 2.05) is 12.1 Å². The highest BCUT2D eigenvalue weighted by atomic mass is 79.9. The third kappa shape index (κ3) is 6.23. The number of unbranched alkanes of at least 4 members (excludes halogenated alkanes) is 1. The van der Waals surface area contributed by atoms with E-state index in [1.54, 1.807) is 36.4 Å². The van der Waals surface area contributed by atoms with Crippen molar-refractivity contribution in [2.75, 3.05) is 18.5 Å². The fourth-order valence-corrected chi connectivity index (χ4v) is 2.37. The van der Waals surface area contributed by atoms with Gasteiger partial charge in [0.05, 0.1) is 17.9 Å². The van der Waals surface area contributed by atoms with Crippen molar-refractivity contribution in [2.45, 2.75) is 19.8 Å². The first-order valence-electron chi connectivity index (χ1n) is 8.04. The summed E-state index contributed by atoms with van der Waals surface area (Å²) in [6.45, 7) is 2.39. The molecule has 2 rings (SSSR count). The number of hydrogen-bond donors (Lipinski definition) is 1. The van der Waals surface area contributed by atoms with Crippen LogP contribution >= 0.6 is 15.9 Å². The molecule has 2 aromatic rings. The maximum absolute atomic E-state index is 12.0. The van der Waals surface area contributed by atoms with Crippen LogP contribution in [0.2, 0.25) is 0 Å². The lowest BCUT2D eigenvalue weighted by Gasteiger charge is -2.09. The lowest BCUT2D eigenvalue weighted by molar-refractivity contribution is -0.119. The van der Waals surface area contributed by atoms with Crippen LogP contribution in [0.25, 0.3) is 0 Å². The third-order valence-electron chi connectivity index (χ3n) is 3.34. The van der Waals surface area contributed by atoms with Crippen molar-refractivity contribution in [3.8, 4) is 5.75 Å². The second-order valence-corrected chi connectivity index (χ2v) is 6.18. The van der Waals surface area contributed by atoms with Crippen LogP contribution < -0.4 is 10.1 Å². The first-order chi connectivity index (χ1) is 12.1. The summed E-state index contributed by atoms with van der Waals surface area (Å²) in [4.78, 5) is 23.9. The summed E-state index contributed by atoms with van der Waals surface area (Å²) in [5.74, 6) is -0.251. The van der Waals surface area contributed by atoms with Gasteiger partial charge in [0.2, 0.25) is 0 Å². The Hall–Kier alpha value is -2.34. The van der Waals surface area contributed by atoms with Crippen LogP contribution in [0.4, 0.5) is 5.69 Å². The van der Waals surface area contributed by atoms with Gasteiger partial charge in [0.25, 0.3) is 5.91 Å². The molecule has 2 aromatic carbocycles. The van der Waals surface area contributed by atoms with Crippen LogP contribution in [-0.2, 0) is 9.53 Å². The number of ether oxygens (including phenoxy) is 2. The van der Waals surface area contributed by atoms with Crippen LogP contribution in [0.1, 0.15) is 30.1 Å². The number of carbonyl (C=O) groups excluding carboxylic acids is 2. The minimum Gasteiger partial charge on any atom is -0.494 e. The van der Waals surface area contributed by atoms with E-state index in [4.69, 9.17) is 9.47 Å². The van der Waals surface area contributed by atoms with Crippen LogP contribution in [-0.4, -0.2) is 25.1 Å². The molecule has 0 aliphatic rings. The molecule has 0 unspecified atom stereocenters. The lowest BCUT2D eigenvalue weighted by Crippen LogP contribution is -2.21. The Morgan fingerprint density at radius 3 is 2.48 bits per heavy atom.